The zero-order valence-corrected chi connectivity index (χ0v) is 8.00. The van der Waals surface area contributed by atoms with Crippen LogP contribution in [0, 0.1) is 11.8 Å². The standard InChI is InChI=1S/C10H20N2/c1-12-6-5-10(11)9(7-12)8-3-2-4-8/h8-10H,2-7,11H2,1H3. The predicted octanol–water partition coefficient (Wildman–Crippen LogP) is 1.07. The summed E-state index contributed by atoms with van der Waals surface area (Å²) in [6, 6.07) is 0.492. The Kier molecular flexibility index (Phi) is 2.37. The maximum absolute atomic E-state index is 6.12. The van der Waals surface area contributed by atoms with Gasteiger partial charge >= 0.3 is 0 Å². The monoisotopic (exact) mass is 168 g/mol. The number of hydrogen-bond acceptors (Lipinski definition) is 2. The lowest BCUT2D eigenvalue weighted by Gasteiger charge is -2.43. The van der Waals surface area contributed by atoms with Crippen molar-refractivity contribution in [3.63, 3.8) is 0 Å². The molecular formula is C10H20N2. The number of likely N-dealkylation sites (tertiary alicyclic amines) is 1. The van der Waals surface area contributed by atoms with Crippen LogP contribution in [-0.4, -0.2) is 31.1 Å². The van der Waals surface area contributed by atoms with E-state index in [4.69, 9.17) is 5.73 Å². The van der Waals surface area contributed by atoms with Crippen molar-refractivity contribution in [2.75, 3.05) is 20.1 Å². The van der Waals surface area contributed by atoms with Gasteiger partial charge in [-0.2, -0.15) is 0 Å². The van der Waals surface area contributed by atoms with E-state index in [1.165, 1.54) is 38.8 Å². The Bertz CT molecular complexity index is 152. The minimum absolute atomic E-state index is 0.492. The number of hydrogen-bond donors (Lipinski definition) is 1. The summed E-state index contributed by atoms with van der Waals surface area (Å²) in [4.78, 5) is 2.44. The highest BCUT2D eigenvalue weighted by atomic mass is 15.1. The molecule has 1 heterocycles. The van der Waals surface area contributed by atoms with Gasteiger partial charge in [0.05, 0.1) is 0 Å². The quantitative estimate of drug-likeness (QED) is 0.634. The van der Waals surface area contributed by atoms with Gasteiger partial charge in [-0.05, 0) is 31.8 Å². The molecule has 2 fully saturated rings. The Balaban J connectivity index is 1.91. The summed E-state index contributed by atoms with van der Waals surface area (Å²) in [5, 5.41) is 0. The minimum Gasteiger partial charge on any atom is -0.327 e. The molecule has 2 nitrogen and oxygen atoms in total. The molecule has 1 aliphatic carbocycles. The van der Waals surface area contributed by atoms with Crippen molar-refractivity contribution in [3.05, 3.63) is 0 Å². The molecule has 0 aromatic rings. The van der Waals surface area contributed by atoms with Crippen molar-refractivity contribution < 1.29 is 0 Å². The first-order valence-electron chi connectivity index (χ1n) is 5.21. The SMILES string of the molecule is CN1CCC(N)C(C2CCC2)C1. The maximum atomic E-state index is 6.12. The maximum Gasteiger partial charge on any atom is 0.00941 e. The Morgan fingerprint density at radius 3 is 2.58 bits per heavy atom. The molecule has 70 valence electrons. The van der Waals surface area contributed by atoms with E-state index in [0.717, 1.165) is 11.8 Å². The molecular weight excluding hydrogens is 148 g/mol. The fraction of sp³-hybridized carbons (Fsp3) is 1.00. The summed E-state index contributed by atoms with van der Waals surface area (Å²) >= 11 is 0. The Labute approximate surface area is 75.1 Å². The number of nitrogens with two attached hydrogens (primary N) is 1. The molecule has 2 N–H and O–H groups in total. The normalized spacial score (nSPS) is 39.5. The summed E-state index contributed by atoms with van der Waals surface area (Å²) in [5.41, 5.74) is 6.12. The third-order valence-electron chi connectivity index (χ3n) is 3.67. The molecule has 2 heteroatoms. The third kappa shape index (κ3) is 1.50. The van der Waals surface area contributed by atoms with Gasteiger partial charge in [0, 0.05) is 12.6 Å². The van der Waals surface area contributed by atoms with E-state index < -0.39 is 0 Å². The van der Waals surface area contributed by atoms with Crippen molar-refractivity contribution in [2.45, 2.75) is 31.7 Å². The first kappa shape index (κ1) is 8.52. The number of piperidine rings is 1. The molecule has 1 aliphatic heterocycles. The van der Waals surface area contributed by atoms with E-state index in [1.54, 1.807) is 0 Å². The molecule has 2 atom stereocenters. The highest BCUT2D eigenvalue weighted by Gasteiger charge is 2.34. The fourth-order valence-electron chi connectivity index (χ4n) is 2.54. The van der Waals surface area contributed by atoms with Crippen molar-refractivity contribution in [1.29, 1.82) is 0 Å². The molecule has 0 bridgehead atoms. The van der Waals surface area contributed by atoms with Gasteiger partial charge in [0.1, 0.15) is 0 Å². The third-order valence-corrected chi connectivity index (χ3v) is 3.67. The van der Waals surface area contributed by atoms with Crippen molar-refractivity contribution in [3.8, 4) is 0 Å². The van der Waals surface area contributed by atoms with Gasteiger partial charge in [-0.1, -0.05) is 19.3 Å². The van der Waals surface area contributed by atoms with Crippen LogP contribution in [0.25, 0.3) is 0 Å². The second kappa shape index (κ2) is 3.35. The highest BCUT2D eigenvalue weighted by molar-refractivity contribution is 4.89. The molecule has 0 radical (unpaired) electrons. The van der Waals surface area contributed by atoms with Crippen LogP contribution in [0.15, 0.2) is 0 Å². The van der Waals surface area contributed by atoms with Gasteiger partial charge in [-0.3, -0.25) is 0 Å². The summed E-state index contributed by atoms with van der Waals surface area (Å²) in [6.07, 6.45) is 5.52. The van der Waals surface area contributed by atoms with E-state index in [0.29, 0.717) is 6.04 Å². The van der Waals surface area contributed by atoms with Crippen LogP contribution >= 0.6 is 0 Å². The van der Waals surface area contributed by atoms with Gasteiger partial charge in [0.2, 0.25) is 0 Å². The molecule has 1 saturated carbocycles. The molecule has 0 aromatic carbocycles. The van der Waals surface area contributed by atoms with E-state index in [9.17, 15) is 0 Å². The van der Waals surface area contributed by atoms with Crippen molar-refractivity contribution in [1.82, 2.24) is 4.90 Å². The second-order valence-electron chi connectivity index (χ2n) is 4.57. The molecule has 2 rings (SSSR count). The summed E-state index contributed by atoms with van der Waals surface area (Å²) in [7, 11) is 2.22. The molecule has 2 aliphatic rings. The van der Waals surface area contributed by atoms with Crippen LogP contribution in [0.2, 0.25) is 0 Å². The largest absolute Gasteiger partial charge is 0.327 e. The smallest absolute Gasteiger partial charge is 0.00941 e. The molecule has 1 saturated heterocycles. The van der Waals surface area contributed by atoms with Gasteiger partial charge in [0.15, 0.2) is 0 Å². The zero-order chi connectivity index (χ0) is 8.55. The van der Waals surface area contributed by atoms with E-state index >= 15 is 0 Å². The van der Waals surface area contributed by atoms with Gasteiger partial charge in [-0.25, -0.2) is 0 Å². The fourth-order valence-corrected chi connectivity index (χ4v) is 2.54. The van der Waals surface area contributed by atoms with Crippen molar-refractivity contribution in [2.24, 2.45) is 17.6 Å². The first-order chi connectivity index (χ1) is 5.77. The lowest BCUT2D eigenvalue weighted by atomic mass is 9.71. The molecule has 0 spiro atoms. The summed E-state index contributed by atoms with van der Waals surface area (Å²) < 4.78 is 0. The van der Waals surface area contributed by atoms with Crippen LogP contribution in [0.1, 0.15) is 25.7 Å². The van der Waals surface area contributed by atoms with Gasteiger partial charge < -0.3 is 10.6 Å². The van der Waals surface area contributed by atoms with Crippen molar-refractivity contribution >= 4 is 0 Å². The topological polar surface area (TPSA) is 29.3 Å². The van der Waals surface area contributed by atoms with E-state index in [1.807, 2.05) is 0 Å². The lowest BCUT2D eigenvalue weighted by Crippen LogP contribution is -2.49. The molecule has 0 amide bonds. The Morgan fingerprint density at radius 2 is 2.00 bits per heavy atom. The minimum atomic E-state index is 0.492. The predicted molar refractivity (Wildman–Crippen MR) is 50.9 cm³/mol. The Hall–Kier alpha value is -0.0800. The second-order valence-corrected chi connectivity index (χ2v) is 4.57. The molecule has 12 heavy (non-hydrogen) atoms. The van der Waals surface area contributed by atoms with Crippen LogP contribution < -0.4 is 5.73 Å². The molecule has 0 aromatic heterocycles. The zero-order valence-electron chi connectivity index (χ0n) is 8.00. The van der Waals surface area contributed by atoms with Gasteiger partial charge in [0.25, 0.3) is 0 Å². The van der Waals surface area contributed by atoms with Crippen LogP contribution in [0.3, 0.4) is 0 Å². The number of rotatable bonds is 1. The Morgan fingerprint density at radius 1 is 1.25 bits per heavy atom. The van der Waals surface area contributed by atoms with Crippen LogP contribution in [0.4, 0.5) is 0 Å². The van der Waals surface area contributed by atoms with E-state index in [-0.39, 0.29) is 0 Å². The van der Waals surface area contributed by atoms with E-state index in [2.05, 4.69) is 11.9 Å². The summed E-state index contributed by atoms with van der Waals surface area (Å²) in [6.45, 7) is 2.44. The average molecular weight is 168 g/mol. The highest BCUT2D eigenvalue weighted by Crippen LogP contribution is 2.37. The average Bonchev–Trinajstić information content (AvgIpc) is 1.93. The van der Waals surface area contributed by atoms with Crippen LogP contribution in [0.5, 0.6) is 0 Å². The number of nitrogens with zero attached hydrogens (tertiary/aromatic N) is 1. The lowest BCUT2D eigenvalue weighted by molar-refractivity contribution is 0.0932. The first-order valence-corrected chi connectivity index (χ1v) is 5.21. The molecule has 2 unspecified atom stereocenters. The van der Waals surface area contributed by atoms with Gasteiger partial charge in [-0.15, -0.1) is 0 Å². The summed E-state index contributed by atoms with van der Waals surface area (Å²) in [5.74, 6) is 1.76. The van der Waals surface area contributed by atoms with Crippen LogP contribution in [-0.2, 0) is 0 Å².